The Hall–Kier alpha value is -2.14. The molecule has 0 bridgehead atoms. The van der Waals surface area contributed by atoms with Crippen molar-refractivity contribution >= 4 is 29.2 Å². The summed E-state index contributed by atoms with van der Waals surface area (Å²) in [7, 11) is 0. The first kappa shape index (κ1) is 13.3. The lowest BCUT2D eigenvalue weighted by molar-refractivity contribution is 0.0695. The van der Waals surface area contributed by atoms with Gasteiger partial charge in [-0.1, -0.05) is 17.7 Å². The number of aromatic carboxylic acids is 1. The van der Waals surface area contributed by atoms with Gasteiger partial charge in [0.25, 0.3) is 0 Å². The molecule has 2 aromatic rings. The average Bonchev–Trinajstić information content (AvgIpc) is 2.33. The SMILES string of the molecule is Cc1ccc(Cl)c(Nc2ncc(C(=O)O)c(C)n2)c1. The zero-order valence-corrected chi connectivity index (χ0v) is 11.2. The van der Waals surface area contributed by atoms with E-state index in [1.807, 2.05) is 19.1 Å². The second kappa shape index (κ2) is 5.24. The molecule has 1 aromatic carbocycles. The molecule has 2 rings (SSSR count). The number of halogens is 1. The van der Waals surface area contributed by atoms with Crippen LogP contribution in [0.4, 0.5) is 11.6 Å². The number of benzene rings is 1. The van der Waals surface area contributed by atoms with Gasteiger partial charge in [0.05, 0.1) is 22.0 Å². The van der Waals surface area contributed by atoms with Crippen molar-refractivity contribution in [2.75, 3.05) is 5.32 Å². The van der Waals surface area contributed by atoms with E-state index in [-0.39, 0.29) is 5.56 Å². The lowest BCUT2D eigenvalue weighted by atomic mass is 10.2. The number of anilines is 2. The highest BCUT2D eigenvalue weighted by Gasteiger charge is 2.10. The molecule has 0 aliphatic rings. The van der Waals surface area contributed by atoms with Gasteiger partial charge >= 0.3 is 5.97 Å². The van der Waals surface area contributed by atoms with Crippen molar-refractivity contribution in [2.24, 2.45) is 0 Å². The molecule has 0 aliphatic heterocycles. The van der Waals surface area contributed by atoms with E-state index in [0.717, 1.165) is 5.56 Å². The fourth-order valence-electron chi connectivity index (χ4n) is 1.59. The van der Waals surface area contributed by atoms with E-state index in [9.17, 15) is 4.79 Å². The van der Waals surface area contributed by atoms with E-state index < -0.39 is 5.97 Å². The molecule has 0 amide bonds. The van der Waals surface area contributed by atoms with Gasteiger partial charge in [0.2, 0.25) is 5.95 Å². The molecule has 6 heteroatoms. The number of hydrogen-bond donors (Lipinski definition) is 2. The number of carboxylic acids is 1. The summed E-state index contributed by atoms with van der Waals surface area (Å²) in [5.74, 6) is -0.729. The predicted molar refractivity (Wildman–Crippen MR) is 73.2 cm³/mol. The lowest BCUT2D eigenvalue weighted by Gasteiger charge is -2.09. The minimum atomic E-state index is -1.04. The van der Waals surface area contributed by atoms with Crippen LogP contribution in [0.2, 0.25) is 5.02 Å². The van der Waals surface area contributed by atoms with Gasteiger partial charge < -0.3 is 10.4 Å². The van der Waals surface area contributed by atoms with Crippen molar-refractivity contribution in [2.45, 2.75) is 13.8 Å². The molecule has 0 saturated heterocycles. The third-order valence-electron chi connectivity index (χ3n) is 2.58. The smallest absolute Gasteiger partial charge is 0.339 e. The molecule has 0 unspecified atom stereocenters. The van der Waals surface area contributed by atoms with Gasteiger partial charge in [-0.25, -0.2) is 14.8 Å². The number of hydrogen-bond acceptors (Lipinski definition) is 4. The Morgan fingerprint density at radius 2 is 2.11 bits per heavy atom. The van der Waals surface area contributed by atoms with Crippen molar-refractivity contribution in [3.05, 3.63) is 46.2 Å². The fraction of sp³-hybridized carbons (Fsp3) is 0.154. The van der Waals surface area contributed by atoms with Gasteiger partial charge in [0.15, 0.2) is 0 Å². The van der Waals surface area contributed by atoms with Crippen LogP contribution in [-0.4, -0.2) is 21.0 Å². The van der Waals surface area contributed by atoms with E-state index in [2.05, 4.69) is 15.3 Å². The zero-order valence-electron chi connectivity index (χ0n) is 10.4. The molecule has 5 nitrogen and oxygen atoms in total. The number of aryl methyl sites for hydroxylation is 2. The third-order valence-corrected chi connectivity index (χ3v) is 2.91. The summed E-state index contributed by atoms with van der Waals surface area (Å²) in [6.07, 6.45) is 1.27. The highest BCUT2D eigenvalue weighted by Crippen LogP contribution is 2.25. The quantitative estimate of drug-likeness (QED) is 0.901. The number of nitrogens with one attached hydrogen (secondary N) is 1. The maximum atomic E-state index is 10.9. The van der Waals surface area contributed by atoms with Crippen molar-refractivity contribution in [3.63, 3.8) is 0 Å². The van der Waals surface area contributed by atoms with Crippen LogP contribution in [0.15, 0.2) is 24.4 Å². The monoisotopic (exact) mass is 277 g/mol. The molecule has 1 heterocycles. The average molecular weight is 278 g/mol. The summed E-state index contributed by atoms with van der Waals surface area (Å²) >= 11 is 6.06. The molecular weight excluding hydrogens is 266 g/mol. The normalized spacial score (nSPS) is 10.3. The second-order valence-corrected chi connectivity index (χ2v) is 4.51. The molecule has 0 radical (unpaired) electrons. The summed E-state index contributed by atoms with van der Waals surface area (Å²) in [6, 6.07) is 5.54. The predicted octanol–water partition coefficient (Wildman–Crippen LogP) is 3.19. The van der Waals surface area contributed by atoms with Gasteiger partial charge in [-0.2, -0.15) is 0 Å². The van der Waals surface area contributed by atoms with Crippen LogP contribution in [-0.2, 0) is 0 Å². The van der Waals surface area contributed by atoms with Crippen molar-refractivity contribution in [1.29, 1.82) is 0 Å². The van der Waals surface area contributed by atoms with Crippen LogP contribution >= 0.6 is 11.6 Å². The van der Waals surface area contributed by atoms with E-state index in [1.165, 1.54) is 6.20 Å². The second-order valence-electron chi connectivity index (χ2n) is 4.11. The van der Waals surface area contributed by atoms with E-state index >= 15 is 0 Å². The van der Waals surface area contributed by atoms with Crippen LogP contribution in [0, 0.1) is 13.8 Å². The third kappa shape index (κ3) is 3.00. The van der Waals surface area contributed by atoms with Gasteiger partial charge in [-0.05, 0) is 31.5 Å². The van der Waals surface area contributed by atoms with Crippen LogP contribution in [0.5, 0.6) is 0 Å². The molecule has 1 aromatic heterocycles. The highest BCUT2D eigenvalue weighted by atomic mass is 35.5. The Morgan fingerprint density at radius 3 is 2.74 bits per heavy atom. The number of nitrogens with zero attached hydrogens (tertiary/aromatic N) is 2. The Morgan fingerprint density at radius 1 is 1.37 bits per heavy atom. The fourth-order valence-corrected chi connectivity index (χ4v) is 1.76. The zero-order chi connectivity index (χ0) is 14.0. The van der Waals surface area contributed by atoms with Crippen LogP contribution in [0.25, 0.3) is 0 Å². The maximum absolute atomic E-state index is 10.9. The van der Waals surface area contributed by atoms with E-state index in [4.69, 9.17) is 16.7 Å². The summed E-state index contributed by atoms with van der Waals surface area (Å²) in [6.45, 7) is 3.56. The van der Waals surface area contributed by atoms with Gasteiger partial charge in [-0.15, -0.1) is 0 Å². The number of carboxylic acid groups (broad SMARTS) is 1. The Kier molecular flexibility index (Phi) is 3.66. The molecule has 0 aliphatic carbocycles. The molecule has 0 spiro atoms. The minimum Gasteiger partial charge on any atom is -0.478 e. The largest absolute Gasteiger partial charge is 0.478 e. The topological polar surface area (TPSA) is 75.1 Å². The van der Waals surface area contributed by atoms with Crippen LogP contribution < -0.4 is 5.32 Å². The molecule has 0 atom stereocenters. The van der Waals surface area contributed by atoms with Crippen molar-refractivity contribution in [1.82, 2.24) is 9.97 Å². The summed E-state index contributed by atoms with van der Waals surface area (Å²) in [5, 5.41) is 12.4. The van der Waals surface area contributed by atoms with E-state index in [1.54, 1.807) is 13.0 Å². The highest BCUT2D eigenvalue weighted by molar-refractivity contribution is 6.33. The number of carbonyl (C=O) groups is 1. The molecule has 0 saturated carbocycles. The van der Waals surface area contributed by atoms with E-state index in [0.29, 0.717) is 22.4 Å². The summed E-state index contributed by atoms with van der Waals surface area (Å²) in [4.78, 5) is 18.9. The Balaban J connectivity index is 2.31. The first-order valence-corrected chi connectivity index (χ1v) is 5.95. The Labute approximate surface area is 115 Å². The number of aromatic nitrogens is 2. The summed E-state index contributed by atoms with van der Waals surface area (Å²) < 4.78 is 0. The molecular formula is C13H12ClN3O2. The summed E-state index contributed by atoms with van der Waals surface area (Å²) in [5.41, 5.74) is 2.21. The standard InChI is InChI=1S/C13H12ClN3O2/c1-7-3-4-10(14)11(5-7)17-13-15-6-9(12(18)19)8(2)16-13/h3-6H,1-2H3,(H,18,19)(H,15,16,17). The molecule has 2 N–H and O–H groups in total. The first-order chi connectivity index (χ1) is 8.97. The van der Waals surface area contributed by atoms with Crippen molar-refractivity contribution in [3.8, 4) is 0 Å². The van der Waals surface area contributed by atoms with Gasteiger partial charge in [0.1, 0.15) is 0 Å². The van der Waals surface area contributed by atoms with Crippen LogP contribution in [0.3, 0.4) is 0 Å². The lowest BCUT2D eigenvalue weighted by Crippen LogP contribution is -2.06. The van der Waals surface area contributed by atoms with Crippen molar-refractivity contribution < 1.29 is 9.90 Å². The first-order valence-electron chi connectivity index (χ1n) is 5.57. The molecule has 0 fully saturated rings. The Bertz CT molecular complexity index is 644. The minimum absolute atomic E-state index is 0.0842. The molecule has 98 valence electrons. The van der Waals surface area contributed by atoms with Crippen LogP contribution in [0.1, 0.15) is 21.6 Å². The maximum Gasteiger partial charge on any atom is 0.339 e. The van der Waals surface area contributed by atoms with Gasteiger partial charge in [0, 0.05) is 6.20 Å². The molecule has 19 heavy (non-hydrogen) atoms. The van der Waals surface area contributed by atoms with Gasteiger partial charge in [-0.3, -0.25) is 0 Å². The number of rotatable bonds is 3.